The molecule has 1 aromatic heterocycles. The van der Waals surface area contributed by atoms with Crippen LogP contribution in [0.25, 0.3) is 0 Å². The Morgan fingerprint density at radius 2 is 2.13 bits per heavy atom. The first-order valence-corrected chi connectivity index (χ1v) is 14.3. The molecule has 5 aliphatic rings. The molecule has 0 radical (unpaired) electrons. The fraction of sp³-hybridized carbons (Fsp3) is 0.708. The second kappa shape index (κ2) is 9.86. The number of aromatic nitrogens is 4. The van der Waals surface area contributed by atoms with Crippen LogP contribution in [0.2, 0.25) is 0 Å². The van der Waals surface area contributed by atoms with Crippen LogP contribution < -0.4 is 16.0 Å². The molecular weight excluding hydrogens is 526 g/mol. The Kier molecular flexibility index (Phi) is 6.62. The molecule has 14 nitrogen and oxygen atoms in total. The number of tetrazole rings is 1. The Balaban J connectivity index is 1.09. The number of nitrogens with one attached hydrogen (secondary N) is 3. The normalized spacial score (nSPS) is 31.7. The van der Waals surface area contributed by atoms with Gasteiger partial charge in [0.15, 0.2) is 0 Å². The number of β-lactam (4-membered cyclic amide) rings is 1. The lowest BCUT2D eigenvalue weighted by Crippen LogP contribution is -2.66. The van der Waals surface area contributed by atoms with Crippen molar-refractivity contribution in [1.29, 1.82) is 0 Å². The van der Waals surface area contributed by atoms with Crippen molar-refractivity contribution in [1.82, 2.24) is 46.0 Å². The van der Waals surface area contributed by atoms with Gasteiger partial charge in [0.25, 0.3) is 0 Å². The van der Waals surface area contributed by atoms with Gasteiger partial charge in [-0.15, -0.1) is 16.9 Å². The number of carboxylic acid groups (broad SMARTS) is 1. The lowest BCUT2D eigenvalue weighted by atomic mass is 9.78. The molecule has 3 amide bonds. The number of rotatable bonds is 8. The maximum atomic E-state index is 13.2. The minimum Gasteiger partial charge on any atom is -0.477 e. The molecule has 0 aliphatic carbocycles. The summed E-state index contributed by atoms with van der Waals surface area (Å²) in [6, 6.07) is -1.12. The maximum Gasteiger partial charge on any atom is 0.353 e. The number of hydrogen-bond donors (Lipinski definition) is 4. The fourth-order valence-corrected chi connectivity index (χ4v) is 8.24. The van der Waals surface area contributed by atoms with Gasteiger partial charge in [0.1, 0.15) is 18.6 Å². The number of nitrogens with zero attached hydrogens (tertiary/aromatic N) is 6. The molecule has 1 aromatic rings. The smallest absolute Gasteiger partial charge is 0.353 e. The van der Waals surface area contributed by atoms with E-state index >= 15 is 0 Å². The van der Waals surface area contributed by atoms with Gasteiger partial charge in [-0.2, -0.15) is 0 Å². The number of aliphatic carboxylic acids is 1. The third kappa shape index (κ3) is 4.49. The molecule has 0 aromatic carbocycles. The van der Waals surface area contributed by atoms with E-state index in [-0.39, 0.29) is 58.6 Å². The Labute approximate surface area is 229 Å². The van der Waals surface area contributed by atoms with Crippen molar-refractivity contribution < 1.29 is 24.3 Å². The van der Waals surface area contributed by atoms with Gasteiger partial charge in [-0.3, -0.25) is 14.4 Å². The largest absolute Gasteiger partial charge is 0.477 e. The summed E-state index contributed by atoms with van der Waals surface area (Å²) in [6.45, 7) is 7.73. The van der Waals surface area contributed by atoms with Gasteiger partial charge in [0, 0.05) is 60.3 Å². The number of carbonyl (C=O) groups excluding carboxylic acids is 3. The van der Waals surface area contributed by atoms with Gasteiger partial charge in [-0.25, -0.2) is 9.48 Å². The number of hydrogen-bond acceptors (Lipinski definition) is 10. The number of carbonyl (C=O) groups is 4. The lowest BCUT2D eigenvalue weighted by molar-refractivity contribution is -0.158. The summed E-state index contributed by atoms with van der Waals surface area (Å²) in [6.07, 6.45) is 2.97. The van der Waals surface area contributed by atoms with Crippen LogP contribution in [-0.2, 0) is 25.7 Å². The second-order valence-corrected chi connectivity index (χ2v) is 12.8. The molecule has 0 saturated carbocycles. The molecule has 39 heavy (non-hydrogen) atoms. The van der Waals surface area contributed by atoms with Crippen molar-refractivity contribution in [3.8, 4) is 0 Å². The Morgan fingerprint density at radius 1 is 1.33 bits per heavy atom. The van der Waals surface area contributed by atoms with Crippen LogP contribution in [0, 0.1) is 17.3 Å². The monoisotopic (exact) mass is 559 g/mol. The number of carboxylic acids is 1. The number of amides is 3. The predicted octanol–water partition coefficient (Wildman–Crippen LogP) is -1.76. The molecule has 4 fully saturated rings. The second-order valence-electron chi connectivity index (χ2n) is 11.4. The summed E-state index contributed by atoms with van der Waals surface area (Å²) in [5.41, 5.74) is 0.267. The Morgan fingerprint density at radius 3 is 2.77 bits per heavy atom. The fourth-order valence-electron chi connectivity index (χ4n) is 6.76. The summed E-state index contributed by atoms with van der Waals surface area (Å²) < 4.78 is 1.29. The Bertz CT molecular complexity index is 1220. The van der Waals surface area contributed by atoms with E-state index in [1.165, 1.54) is 27.7 Å². The van der Waals surface area contributed by atoms with E-state index in [1.54, 1.807) is 6.92 Å². The summed E-state index contributed by atoms with van der Waals surface area (Å²) in [4.78, 5) is 55.1. The highest BCUT2D eigenvalue weighted by atomic mass is 32.2. The van der Waals surface area contributed by atoms with Crippen LogP contribution in [0.4, 0.5) is 0 Å². The molecule has 6 atom stereocenters. The number of thioether (sulfide) groups is 1. The highest BCUT2D eigenvalue weighted by molar-refractivity contribution is 8.03. The Hall–Kier alpha value is -3.04. The molecule has 1 spiro atoms. The minimum atomic E-state index is -1.14. The van der Waals surface area contributed by atoms with Crippen molar-refractivity contribution in [2.24, 2.45) is 17.3 Å². The van der Waals surface area contributed by atoms with Gasteiger partial charge in [0.2, 0.25) is 17.7 Å². The van der Waals surface area contributed by atoms with Gasteiger partial charge >= 0.3 is 5.97 Å². The zero-order valence-electron chi connectivity index (χ0n) is 21.9. The van der Waals surface area contributed by atoms with E-state index < -0.39 is 17.9 Å². The molecule has 15 heteroatoms. The molecule has 6 rings (SSSR count). The van der Waals surface area contributed by atoms with Gasteiger partial charge in [-0.1, -0.05) is 6.92 Å². The summed E-state index contributed by atoms with van der Waals surface area (Å²) in [5, 5.41) is 30.3. The molecule has 4 N–H and O–H groups in total. The van der Waals surface area contributed by atoms with Gasteiger partial charge in [0.05, 0.1) is 18.0 Å². The van der Waals surface area contributed by atoms with Crippen LogP contribution in [0.15, 0.2) is 16.9 Å². The molecule has 0 bridgehead atoms. The van der Waals surface area contributed by atoms with Crippen LogP contribution in [0.3, 0.4) is 0 Å². The van der Waals surface area contributed by atoms with E-state index in [0.717, 1.165) is 32.6 Å². The van der Waals surface area contributed by atoms with Crippen LogP contribution >= 0.6 is 11.8 Å². The standard InChI is InChI=1S/C24H33N9O5S/c1-12-18-17(13(2)28-16(34)7-32-11-27-29-30-32)22(36)33(18)19(23(37)38)20(12)39-14-5-15(26-6-14)21(35)31-4-3-24(10-31)8-25-9-24/h11-15,17-18,25-26H,3-10H2,1-2H3,(H,28,34)(H,37,38)/t12-,13-,14+,15+,17-,18-/m1/s1. The van der Waals surface area contributed by atoms with E-state index in [1.807, 2.05) is 11.8 Å². The third-order valence-electron chi connectivity index (χ3n) is 8.85. The molecule has 0 unspecified atom stereocenters. The number of fused-ring (bicyclic) bond motifs is 1. The van der Waals surface area contributed by atoms with E-state index in [0.29, 0.717) is 17.9 Å². The summed E-state index contributed by atoms with van der Waals surface area (Å²) in [5.74, 6) is -2.39. The van der Waals surface area contributed by atoms with E-state index in [2.05, 4.69) is 31.5 Å². The van der Waals surface area contributed by atoms with Crippen molar-refractivity contribution in [3.63, 3.8) is 0 Å². The topological polar surface area (TPSA) is 175 Å². The zero-order chi connectivity index (χ0) is 27.5. The van der Waals surface area contributed by atoms with Crippen LogP contribution in [-0.4, -0.2) is 115 Å². The van der Waals surface area contributed by atoms with Gasteiger partial charge < -0.3 is 30.9 Å². The minimum absolute atomic E-state index is 0.0216. The van der Waals surface area contributed by atoms with Crippen LogP contribution in [0.5, 0.6) is 0 Å². The zero-order valence-corrected chi connectivity index (χ0v) is 22.7. The van der Waals surface area contributed by atoms with Crippen LogP contribution in [0.1, 0.15) is 26.7 Å². The maximum absolute atomic E-state index is 13.2. The summed E-state index contributed by atoms with van der Waals surface area (Å²) in [7, 11) is 0. The SMILES string of the molecule is C[C@@H](NC(=O)Cn1cnnn1)[C@H]1C(=O)N2C(C(=O)O)=C(S[C@@H]3CN[C@H](C(=O)N4CCC5(CNC5)C4)C3)[C@H](C)[C@H]12. The molecule has 6 heterocycles. The molecule has 4 saturated heterocycles. The number of likely N-dealkylation sites (tertiary alicyclic amines) is 1. The average Bonchev–Trinajstić information content (AvgIpc) is 3.65. The first-order chi connectivity index (χ1) is 18.7. The first kappa shape index (κ1) is 26.2. The first-order valence-electron chi connectivity index (χ1n) is 13.4. The molecular formula is C24H33N9O5S. The highest BCUT2D eigenvalue weighted by Crippen LogP contribution is 2.52. The predicted molar refractivity (Wildman–Crippen MR) is 138 cm³/mol. The van der Waals surface area contributed by atoms with E-state index in [9.17, 15) is 24.3 Å². The van der Waals surface area contributed by atoms with Gasteiger partial charge in [-0.05, 0) is 30.2 Å². The third-order valence-corrected chi connectivity index (χ3v) is 10.4. The summed E-state index contributed by atoms with van der Waals surface area (Å²) >= 11 is 1.47. The lowest BCUT2D eigenvalue weighted by Gasteiger charge is -2.47. The highest BCUT2D eigenvalue weighted by Gasteiger charge is 2.60. The van der Waals surface area contributed by atoms with Crippen molar-refractivity contribution in [2.45, 2.75) is 56.6 Å². The quantitative estimate of drug-likeness (QED) is 0.266. The van der Waals surface area contributed by atoms with E-state index in [4.69, 9.17) is 0 Å². The van der Waals surface area contributed by atoms with Crippen molar-refractivity contribution in [3.05, 3.63) is 16.9 Å². The molecule has 210 valence electrons. The van der Waals surface area contributed by atoms with Crippen molar-refractivity contribution >= 4 is 35.5 Å². The van der Waals surface area contributed by atoms with Crippen molar-refractivity contribution in [2.75, 3.05) is 32.7 Å². The molecule has 5 aliphatic heterocycles. The average molecular weight is 560 g/mol.